The maximum atomic E-state index is 12.3. The molecule has 1 N–H and O–H groups in total. The van der Waals surface area contributed by atoms with Gasteiger partial charge in [-0.3, -0.25) is 4.79 Å². The van der Waals surface area contributed by atoms with Gasteiger partial charge < -0.3 is 14.2 Å². The van der Waals surface area contributed by atoms with Crippen molar-refractivity contribution in [1.29, 1.82) is 0 Å². The predicted octanol–water partition coefficient (Wildman–Crippen LogP) is 4.74. The molecule has 0 fully saturated rings. The lowest BCUT2D eigenvalue weighted by atomic mass is 10.1. The van der Waals surface area contributed by atoms with Gasteiger partial charge in [-0.15, -0.1) is 10.2 Å². The topological polar surface area (TPSA) is 94.1 Å². The largest absolute Gasteiger partial charge is 0.463 e. The molecule has 0 aliphatic heterocycles. The standard InChI is InChI=1S/C21H18N4O3S/c1-13-7-8-15(14(2)11-13)22-18(26)12-29-21-23-19(16-5-3-9-27-16)20(24-25-21)17-6-4-10-28-17/h3-11H,12H2,1-2H3,(H,22,26). The molecule has 0 spiro atoms. The number of carbonyl (C=O) groups excluding carboxylic acids is 1. The van der Waals surface area contributed by atoms with Crippen molar-refractivity contribution in [3.8, 4) is 22.9 Å². The Morgan fingerprint density at radius 3 is 2.38 bits per heavy atom. The molecule has 0 saturated heterocycles. The second-order valence-electron chi connectivity index (χ2n) is 6.40. The first-order chi connectivity index (χ1) is 14.1. The van der Waals surface area contributed by atoms with Crippen LogP contribution in [-0.4, -0.2) is 26.8 Å². The fourth-order valence-electron chi connectivity index (χ4n) is 2.81. The number of thioether (sulfide) groups is 1. The van der Waals surface area contributed by atoms with Gasteiger partial charge in [0.15, 0.2) is 17.2 Å². The lowest BCUT2D eigenvalue weighted by molar-refractivity contribution is -0.113. The van der Waals surface area contributed by atoms with Crippen molar-refractivity contribution in [1.82, 2.24) is 15.2 Å². The molecule has 0 unspecified atom stereocenters. The van der Waals surface area contributed by atoms with Gasteiger partial charge in [0, 0.05) is 5.69 Å². The first kappa shape index (κ1) is 18.9. The van der Waals surface area contributed by atoms with Gasteiger partial charge in [-0.2, -0.15) is 0 Å². The van der Waals surface area contributed by atoms with Gasteiger partial charge in [0.25, 0.3) is 0 Å². The molecule has 4 aromatic rings. The molecule has 29 heavy (non-hydrogen) atoms. The molecule has 0 radical (unpaired) electrons. The van der Waals surface area contributed by atoms with Gasteiger partial charge in [-0.25, -0.2) is 4.98 Å². The summed E-state index contributed by atoms with van der Waals surface area (Å²) in [6.45, 7) is 3.98. The minimum atomic E-state index is -0.139. The average molecular weight is 406 g/mol. The lowest BCUT2D eigenvalue weighted by Crippen LogP contribution is -2.15. The Morgan fingerprint density at radius 1 is 1.00 bits per heavy atom. The molecular weight excluding hydrogens is 388 g/mol. The highest BCUT2D eigenvalue weighted by Crippen LogP contribution is 2.30. The minimum Gasteiger partial charge on any atom is -0.463 e. The first-order valence-electron chi connectivity index (χ1n) is 8.92. The Hall–Kier alpha value is -3.39. The van der Waals surface area contributed by atoms with Gasteiger partial charge in [0.1, 0.15) is 5.69 Å². The second-order valence-corrected chi connectivity index (χ2v) is 7.34. The average Bonchev–Trinajstić information content (AvgIpc) is 3.42. The molecule has 0 atom stereocenters. The van der Waals surface area contributed by atoms with Crippen LogP contribution >= 0.6 is 11.8 Å². The Kier molecular flexibility index (Phi) is 5.44. The van der Waals surface area contributed by atoms with Crippen LogP contribution in [0.3, 0.4) is 0 Å². The van der Waals surface area contributed by atoms with Crippen molar-refractivity contribution in [3.05, 3.63) is 66.1 Å². The normalized spacial score (nSPS) is 10.8. The number of carbonyl (C=O) groups is 1. The van der Waals surface area contributed by atoms with Crippen molar-refractivity contribution < 1.29 is 13.6 Å². The number of furan rings is 2. The summed E-state index contributed by atoms with van der Waals surface area (Å²) in [5.41, 5.74) is 3.96. The van der Waals surface area contributed by atoms with Crippen LogP contribution in [0.4, 0.5) is 5.69 Å². The SMILES string of the molecule is Cc1ccc(NC(=O)CSc2nnc(-c3ccco3)c(-c3ccco3)n2)c(C)c1. The zero-order chi connectivity index (χ0) is 20.2. The van der Waals surface area contributed by atoms with Crippen LogP contribution in [0, 0.1) is 13.8 Å². The highest BCUT2D eigenvalue weighted by molar-refractivity contribution is 7.99. The molecule has 0 aliphatic rings. The second kappa shape index (κ2) is 8.32. The molecule has 3 aromatic heterocycles. The Bertz CT molecular complexity index is 1130. The van der Waals surface area contributed by atoms with Crippen LogP contribution in [0.1, 0.15) is 11.1 Å². The fraction of sp³-hybridized carbons (Fsp3) is 0.143. The molecule has 7 nitrogen and oxygen atoms in total. The third kappa shape index (κ3) is 4.38. The van der Waals surface area contributed by atoms with E-state index in [1.807, 2.05) is 32.0 Å². The van der Waals surface area contributed by atoms with Gasteiger partial charge in [-0.05, 0) is 49.7 Å². The molecule has 8 heteroatoms. The van der Waals surface area contributed by atoms with Crippen molar-refractivity contribution in [2.45, 2.75) is 19.0 Å². The Labute approximate surface area is 171 Å². The molecule has 1 amide bonds. The van der Waals surface area contributed by atoms with Crippen LogP contribution in [0.5, 0.6) is 0 Å². The van der Waals surface area contributed by atoms with E-state index in [0.717, 1.165) is 16.8 Å². The number of aromatic nitrogens is 3. The Morgan fingerprint density at radius 2 is 1.72 bits per heavy atom. The van der Waals surface area contributed by atoms with E-state index in [0.29, 0.717) is 28.1 Å². The lowest BCUT2D eigenvalue weighted by Gasteiger charge is -2.09. The van der Waals surface area contributed by atoms with E-state index in [1.165, 1.54) is 11.8 Å². The summed E-state index contributed by atoms with van der Waals surface area (Å²) in [5, 5.41) is 11.7. The number of hydrogen-bond acceptors (Lipinski definition) is 7. The number of nitrogens with one attached hydrogen (secondary N) is 1. The van der Waals surface area contributed by atoms with Crippen molar-refractivity contribution in [3.63, 3.8) is 0 Å². The number of anilines is 1. The van der Waals surface area contributed by atoms with Crippen LogP contribution in [0.25, 0.3) is 22.9 Å². The van der Waals surface area contributed by atoms with E-state index < -0.39 is 0 Å². The monoisotopic (exact) mass is 406 g/mol. The predicted molar refractivity (Wildman–Crippen MR) is 111 cm³/mol. The molecule has 0 aliphatic carbocycles. The van der Waals surface area contributed by atoms with Gasteiger partial charge in [0.2, 0.25) is 11.1 Å². The van der Waals surface area contributed by atoms with Gasteiger partial charge in [0.05, 0.1) is 18.3 Å². The quantitative estimate of drug-likeness (QED) is 0.462. The zero-order valence-corrected chi connectivity index (χ0v) is 16.7. The number of nitrogens with zero attached hydrogens (tertiary/aromatic N) is 3. The molecule has 4 rings (SSSR count). The summed E-state index contributed by atoms with van der Waals surface area (Å²) in [7, 11) is 0. The van der Waals surface area contributed by atoms with E-state index in [4.69, 9.17) is 8.83 Å². The number of hydrogen-bond donors (Lipinski definition) is 1. The maximum absolute atomic E-state index is 12.3. The number of benzene rings is 1. The number of amides is 1. The fourth-order valence-corrected chi connectivity index (χ4v) is 3.39. The van der Waals surface area contributed by atoms with E-state index >= 15 is 0 Å². The summed E-state index contributed by atoms with van der Waals surface area (Å²) < 4.78 is 10.9. The van der Waals surface area contributed by atoms with E-state index in [1.54, 1.807) is 36.8 Å². The van der Waals surface area contributed by atoms with Crippen LogP contribution < -0.4 is 5.32 Å². The van der Waals surface area contributed by atoms with Crippen LogP contribution in [-0.2, 0) is 4.79 Å². The summed E-state index contributed by atoms with van der Waals surface area (Å²) in [6, 6.07) is 13.0. The zero-order valence-electron chi connectivity index (χ0n) is 15.9. The first-order valence-corrected chi connectivity index (χ1v) is 9.91. The minimum absolute atomic E-state index is 0.139. The molecule has 3 heterocycles. The summed E-state index contributed by atoms with van der Waals surface area (Å²) in [5.74, 6) is 1.11. The third-order valence-corrected chi connectivity index (χ3v) is 5.00. The molecular formula is C21H18N4O3S. The van der Waals surface area contributed by atoms with Gasteiger partial charge in [-0.1, -0.05) is 29.5 Å². The van der Waals surface area contributed by atoms with Crippen molar-refractivity contribution >= 4 is 23.4 Å². The molecule has 146 valence electrons. The van der Waals surface area contributed by atoms with Gasteiger partial charge >= 0.3 is 0 Å². The Balaban J connectivity index is 1.50. The van der Waals surface area contributed by atoms with Crippen LogP contribution in [0.2, 0.25) is 0 Å². The third-order valence-electron chi connectivity index (χ3n) is 4.16. The summed E-state index contributed by atoms with van der Waals surface area (Å²) >= 11 is 1.21. The van der Waals surface area contributed by atoms with Crippen LogP contribution in [0.15, 0.2) is 69.0 Å². The highest BCUT2D eigenvalue weighted by Gasteiger charge is 2.18. The molecule has 0 bridgehead atoms. The van der Waals surface area contributed by atoms with Crippen molar-refractivity contribution in [2.24, 2.45) is 0 Å². The highest BCUT2D eigenvalue weighted by atomic mass is 32.2. The molecule has 0 saturated carbocycles. The summed E-state index contributed by atoms with van der Waals surface area (Å²) in [4.78, 5) is 16.9. The number of aryl methyl sites for hydroxylation is 2. The van der Waals surface area contributed by atoms with E-state index in [-0.39, 0.29) is 11.7 Å². The van der Waals surface area contributed by atoms with E-state index in [2.05, 4.69) is 20.5 Å². The maximum Gasteiger partial charge on any atom is 0.234 e. The van der Waals surface area contributed by atoms with Crippen molar-refractivity contribution in [2.75, 3.05) is 11.1 Å². The summed E-state index contributed by atoms with van der Waals surface area (Å²) in [6.07, 6.45) is 3.12. The molecule has 1 aromatic carbocycles. The van der Waals surface area contributed by atoms with E-state index in [9.17, 15) is 4.79 Å². The smallest absolute Gasteiger partial charge is 0.234 e. The number of rotatable bonds is 6.